The Labute approximate surface area is 71.1 Å². The molecule has 1 heterocycles. The lowest BCUT2D eigenvalue weighted by atomic mass is 10.1. The second-order valence-electron chi connectivity index (χ2n) is 2.94. The van der Waals surface area contributed by atoms with Crippen LogP contribution in [0.25, 0.3) is 0 Å². The van der Waals surface area contributed by atoms with Crippen LogP contribution in [0.5, 0.6) is 0 Å². The molecule has 1 aliphatic heterocycles. The molecule has 3 nitrogen and oxygen atoms in total. The van der Waals surface area contributed by atoms with Gasteiger partial charge in [0.15, 0.2) is 9.84 Å². The largest absolute Gasteiger partial charge is 0.399 e. The standard InChI is InChI=1S/C8H9NO2S/c9-7-1-2-8-6(5-7)3-4-12(8,10)11/h1-2,5H,3-4,9H2. The molecule has 64 valence electrons. The number of benzene rings is 1. The minimum atomic E-state index is -2.98. The summed E-state index contributed by atoms with van der Waals surface area (Å²) in [6, 6.07) is 4.95. The Morgan fingerprint density at radius 3 is 2.83 bits per heavy atom. The first-order chi connectivity index (χ1) is 5.59. The third-order valence-electron chi connectivity index (χ3n) is 2.06. The molecular formula is C8H9NO2S. The van der Waals surface area contributed by atoms with E-state index in [-0.39, 0.29) is 5.75 Å². The minimum absolute atomic E-state index is 0.228. The van der Waals surface area contributed by atoms with Gasteiger partial charge < -0.3 is 5.73 Å². The number of nitrogen functional groups attached to an aromatic ring is 1. The van der Waals surface area contributed by atoms with Crippen molar-refractivity contribution in [2.45, 2.75) is 11.3 Å². The van der Waals surface area contributed by atoms with Crippen LogP contribution in [0, 0.1) is 0 Å². The fourth-order valence-corrected chi connectivity index (χ4v) is 3.00. The maximum Gasteiger partial charge on any atom is 0.178 e. The summed E-state index contributed by atoms with van der Waals surface area (Å²) < 4.78 is 22.6. The third kappa shape index (κ3) is 0.992. The number of anilines is 1. The average molecular weight is 183 g/mol. The summed E-state index contributed by atoms with van der Waals surface area (Å²) in [7, 11) is -2.98. The number of aryl methyl sites for hydroxylation is 1. The summed E-state index contributed by atoms with van der Waals surface area (Å²) in [4.78, 5) is 0.455. The Bertz CT molecular complexity index is 423. The summed E-state index contributed by atoms with van der Waals surface area (Å²) >= 11 is 0. The Morgan fingerprint density at radius 1 is 1.33 bits per heavy atom. The summed E-state index contributed by atoms with van der Waals surface area (Å²) in [5, 5.41) is 0. The highest BCUT2D eigenvalue weighted by Crippen LogP contribution is 2.26. The maximum absolute atomic E-state index is 11.3. The van der Waals surface area contributed by atoms with Crippen LogP contribution in [0.15, 0.2) is 23.1 Å². The molecule has 1 aromatic rings. The van der Waals surface area contributed by atoms with Crippen molar-refractivity contribution in [1.82, 2.24) is 0 Å². The number of hydrogen-bond acceptors (Lipinski definition) is 3. The number of fused-ring (bicyclic) bond motifs is 1. The first-order valence-corrected chi connectivity index (χ1v) is 5.36. The zero-order valence-electron chi connectivity index (χ0n) is 6.45. The van der Waals surface area contributed by atoms with Crippen molar-refractivity contribution in [2.75, 3.05) is 11.5 Å². The lowest BCUT2D eigenvalue weighted by Gasteiger charge is -1.98. The monoisotopic (exact) mass is 183 g/mol. The first-order valence-electron chi connectivity index (χ1n) is 3.71. The van der Waals surface area contributed by atoms with Crippen LogP contribution in [0.2, 0.25) is 0 Å². The van der Waals surface area contributed by atoms with Crippen molar-refractivity contribution < 1.29 is 8.42 Å². The molecule has 2 N–H and O–H groups in total. The molecule has 0 aromatic heterocycles. The number of rotatable bonds is 0. The Balaban J connectivity index is 2.71. The smallest absolute Gasteiger partial charge is 0.178 e. The zero-order valence-corrected chi connectivity index (χ0v) is 7.26. The van der Waals surface area contributed by atoms with Crippen LogP contribution in [0.4, 0.5) is 5.69 Å². The molecule has 4 heteroatoms. The van der Waals surface area contributed by atoms with E-state index in [4.69, 9.17) is 5.73 Å². The topological polar surface area (TPSA) is 60.2 Å². The van der Waals surface area contributed by atoms with Gasteiger partial charge in [0.1, 0.15) is 0 Å². The number of sulfone groups is 1. The van der Waals surface area contributed by atoms with E-state index in [1.165, 1.54) is 0 Å². The van der Waals surface area contributed by atoms with Crippen molar-refractivity contribution in [2.24, 2.45) is 0 Å². The SMILES string of the molecule is Nc1ccc2c(c1)CCS2(=O)=O. The maximum atomic E-state index is 11.3. The van der Waals surface area contributed by atoms with Crippen molar-refractivity contribution in [3.8, 4) is 0 Å². The number of nitrogens with two attached hydrogens (primary N) is 1. The van der Waals surface area contributed by atoms with Gasteiger partial charge in [0.25, 0.3) is 0 Å². The van der Waals surface area contributed by atoms with Gasteiger partial charge in [-0.25, -0.2) is 8.42 Å². The van der Waals surface area contributed by atoms with Crippen molar-refractivity contribution in [3.63, 3.8) is 0 Å². The van der Waals surface area contributed by atoms with E-state index in [1.807, 2.05) is 0 Å². The lowest BCUT2D eigenvalue weighted by Crippen LogP contribution is -1.98. The molecule has 0 atom stereocenters. The van der Waals surface area contributed by atoms with E-state index in [1.54, 1.807) is 18.2 Å². The van der Waals surface area contributed by atoms with Crippen molar-refractivity contribution in [1.29, 1.82) is 0 Å². The van der Waals surface area contributed by atoms with Crippen molar-refractivity contribution in [3.05, 3.63) is 23.8 Å². The predicted molar refractivity (Wildman–Crippen MR) is 46.6 cm³/mol. The molecular weight excluding hydrogens is 174 g/mol. The van der Waals surface area contributed by atoms with E-state index in [2.05, 4.69) is 0 Å². The van der Waals surface area contributed by atoms with Crippen LogP contribution < -0.4 is 5.73 Å². The van der Waals surface area contributed by atoms with E-state index in [9.17, 15) is 8.42 Å². The van der Waals surface area contributed by atoms with Gasteiger partial charge in [-0.1, -0.05) is 0 Å². The highest BCUT2D eigenvalue weighted by atomic mass is 32.2. The summed E-state index contributed by atoms with van der Waals surface area (Å²) in [6.07, 6.45) is 0.600. The number of hydrogen-bond donors (Lipinski definition) is 1. The fourth-order valence-electron chi connectivity index (χ4n) is 1.45. The molecule has 0 saturated heterocycles. The van der Waals surface area contributed by atoms with E-state index >= 15 is 0 Å². The van der Waals surface area contributed by atoms with Gasteiger partial charge in [-0.15, -0.1) is 0 Å². The highest BCUT2D eigenvalue weighted by Gasteiger charge is 2.25. The van der Waals surface area contributed by atoms with Crippen LogP contribution in [0.3, 0.4) is 0 Å². The summed E-state index contributed by atoms with van der Waals surface area (Å²) in [6.45, 7) is 0. The molecule has 0 radical (unpaired) electrons. The van der Waals surface area contributed by atoms with Crippen LogP contribution >= 0.6 is 0 Å². The van der Waals surface area contributed by atoms with E-state index in [0.717, 1.165) is 5.56 Å². The van der Waals surface area contributed by atoms with E-state index < -0.39 is 9.84 Å². The molecule has 1 aliphatic rings. The van der Waals surface area contributed by atoms with E-state index in [0.29, 0.717) is 17.0 Å². The first kappa shape index (κ1) is 7.61. The zero-order chi connectivity index (χ0) is 8.77. The Morgan fingerprint density at radius 2 is 2.08 bits per heavy atom. The molecule has 0 aliphatic carbocycles. The molecule has 0 fully saturated rings. The fraction of sp³-hybridized carbons (Fsp3) is 0.250. The van der Waals surface area contributed by atoms with Crippen LogP contribution in [-0.2, 0) is 16.3 Å². The quantitative estimate of drug-likeness (QED) is 0.599. The van der Waals surface area contributed by atoms with Gasteiger partial charge in [-0.05, 0) is 30.2 Å². The average Bonchev–Trinajstić information content (AvgIpc) is 2.27. The highest BCUT2D eigenvalue weighted by molar-refractivity contribution is 7.91. The molecule has 12 heavy (non-hydrogen) atoms. The van der Waals surface area contributed by atoms with Gasteiger partial charge >= 0.3 is 0 Å². The lowest BCUT2D eigenvalue weighted by molar-refractivity contribution is 0.600. The molecule has 2 rings (SSSR count). The molecule has 0 amide bonds. The normalized spacial score (nSPS) is 19.0. The summed E-state index contributed by atoms with van der Waals surface area (Å²) in [5.74, 6) is 0.228. The third-order valence-corrected chi connectivity index (χ3v) is 3.87. The summed E-state index contributed by atoms with van der Waals surface area (Å²) in [5.41, 5.74) is 7.01. The second kappa shape index (κ2) is 2.23. The van der Waals surface area contributed by atoms with Crippen LogP contribution in [0.1, 0.15) is 5.56 Å². The van der Waals surface area contributed by atoms with Gasteiger partial charge in [-0.2, -0.15) is 0 Å². The molecule has 0 saturated carbocycles. The van der Waals surface area contributed by atoms with Gasteiger partial charge in [0.2, 0.25) is 0 Å². The molecule has 1 aromatic carbocycles. The van der Waals surface area contributed by atoms with Crippen molar-refractivity contribution >= 4 is 15.5 Å². The Kier molecular flexibility index (Phi) is 1.41. The van der Waals surface area contributed by atoms with Gasteiger partial charge in [0.05, 0.1) is 10.6 Å². The van der Waals surface area contributed by atoms with Gasteiger partial charge in [0, 0.05) is 5.69 Å². The molecule has 0 bridgehead atoms. The van der Waals surface area contributed by atoms with Gasteiger partial charge in [-0.3, -0.25) is 0 Å². The predicted octanol–water partition coefficient (Wildman–Crippen LogP) is 0.599. The minimum Gasteiger partial charge on any atom is -0.399 e. The molecule has 0 unspecified atom stereocenters. The molecule has 0 spiro atoms. The Hall–Kier alpha value is -1.03. The van der Waals surface area contributed by atoms with Crippen LogP contribution in [-0.4, -0.2) is 14.2 Å². The second-order valence-corrected chi connectivity index (χ2v) is 5.01.